The normalized spacial score (nSPS) is 18.4. The van der Waals surface area contributed by atoms with Gasteiger partial charge in [0.25, 0.3) is 0 Å². The van der Waals surface area contributed by atoms with Crippen molar-refractivity contribution in [2.24, 2.45) is 10.9 Å². The molecule has 0 amide bonds. The summed E-state index contributed by atoms with van der Waals surface area (Å²) in [5.41, 5.74) is 1.37. The average Bonchev–Trinajstić information content (AvgIpc) is 2.64. The highest BCUT2D eigenvalue weighted by Gasteiger charge is 2.35. The van der Waals surface area contributed by atoms with Crippen LogP contribution in [-0.2, 0) is 9.53 Å². The molecule has 0 radical (unpaired) electrons. The lowest BCUT2D eigenvalue weighted by Crippen LogP contribution is -2.40. The number of esters is 1. The second-order valence-electron chi connectivity index (χ2n) is 6.82. The molecule has 0 fully saturated rings. The third kappa shape index (κ3) is 4.94. The predicted molar refractivity (Wildman–Crippen MR) is 106 cm³/mol. The minimum atomic E-state index is -0.942. The molecule has 1 aromatic carbocycles. The van der Waals surface area contributed by atoms with Gasteiger partial charge in [-0.2, -0.15) is 0 Å². The first-order valence-electron chi connectivity index (χ1n) is 8.92. The molecular formula is C20H25BrF2N2O2. The number of benzene rings is 1. The number of allylic oxidation sites excluding steroid dienone is 1. The summed E-state index contributed by atoms with van der Waals surface area (Å²) in [7, 11) is 1.30. The minimum Gasteiger partial charge on any atom is -0.466 e. The lowest BCUT2D eigenvalue weighted by atomic mass is 9.93. The maximum atomic E-state index is 13.9. The van der Waals surface area contributed by atoms with E-state index in [9.17, 15) is 13.6 Å². The second kappa shape index (κ2) is 9.44. The molecule has 148 valence electrons. The Morgan fingerprint density at radius 3 is 2.63 bits per heavy atom. The molecule has 0 aliphatic carbocycles. The fourth-order valence-corrected chi connectivity index (χ4v) is 3.61. The summed E-state index contributed by atoms with van der Waals surface area (Å²) in [6.07, 6.45) is 1.88. The van der Waals surface area contributed by atoms with Gasteiger partial charge in [0.2, 0.25) is 0 Å². The van der Waals surface area contributed by atoms with E-state index < -0.39 is 23.6 Å². The first-order valence-corrected chi connectivity index (χ1v) is 10.0. The van der Waals surface area contributed by atoms with Crippen LogP contribution < -0.4 is 0 Å². The largest absolute Gasteiger partial charge is 0.466 e. The van der Waals surface area contributed by atoms with Crippen molar-refractivity contribution in [2.75, 3.05) is 19.0 Å². The summed E-state index contributed by atoms with van der Waals surface area (Å²) >= 11 is 3.48. The van der Waals surface area contributed by atoms with Crippen LogP contribution in [0.15, 0.2) is 34.5 Å². The van der Waals surface area contributed by atoms with Gasteiger partial charge in [-0.25, -0.2) is 18.6 Å². The molecule has 0 saturated carbocycles. The molecular weight excluding hydrogens is 418 g/mol. The summed E-state index contributed by atoms with van der Waals surface area (Å²) in [5, 5.41) is 0.916. The van der Waals surface area contributed by atoms with Gasteiger partial charge in [-0.1, -0.05) is 28.9 Å². The summed E-state index contributed by atoms with van der Waals surface area (Å²) < 4.78 is 32.3. The van der Waals surface area contributed by atoms with Gasteiger partial charge >= 0.3 is 5.97 Å². The maximum Gasteiger partial charge on any atom is 0.338 e. The van der Waals surface area contributed by atoms with Crippen molar-refractivity contribution in [1.29, 1.82) is 0 Å². The monoisotopic (exact) mass is 442 g/mol. The topological polar surface area (TPSA) is 41.9 Å². The summed E-state index contributed by atoms with van der Waals surface area (Å²) in [4.78, 5) is 18.9. The van der Waals surface area contributed by atoms with Crippen molar-refractivity contribution in [3.63, 3.8) is 0 Å². The number of amidine groups is 1. The standard InChI is InChI=1S/C20H25BrF2N2O2/c1-12(11-21)6-5-9-25-14(3)24-13(2)18(20(26)27-4)19(25)15-7-8-16(22)17(23)10-15/h7-8,10,12,19H,5-6,9,11H2,1-4H3. The zero-order valence-corrected chi connectivity index (χ0v) is 17.6. The first kappa shape index (κ1) is 21.5. The number of hydrogen-bond acceptors (Lipinski definition) is 4. The Hall–Kier alpha value is -1.76. The number of alkyl halides is 1. The van der Waals surface area contributed by atoms with Crippen molar-refractivity contribution >= 4 is 27.7 Å². The van der Waals surface area contributed by atoms with Crippen LogP contribution in [0.25, 0.3) is 0 Å². The molecule has 0 spiro atoms. The Bertz CT molecular complexity index is 764. The van der Waals surface area contributed by atoms with Crippen LogP contribution in [0.3, 0.4) is 0 Å². The number of aliphatic imine (C=N–C) groups is 1. The number of methoxy groups -OCH3 is 1. The number of hydrogen-bond donors (Lipinski definition) is 0. The molecule has 0 saturated heterocycles. The number of carbonyl (C=O) groups excluding carboxylic acids is 1. The first-order chi connectivity index (χ1) is 12.8. The van der Waals surface area contributed by atoms with Crippen LogP contribution in [0.2, 0.25) is 0 Å². The van der Waals surface area contributed by atoms with E-state index in [4.69, 9.17) is 4.74 Å². The molecule has 1 aromatic rings. The third-order valence-corrected chi connectivity index (χ3v) is 5.85. The van der Waals surface area contributed by atoms with Crippen molar-refractivity contribution in [3.8, 4) is 0 Å². The molecule has 7 heteroatoms. The highest BCUT2D eigenvalue weighted by Crippen LogP contribution is 2.36. The highest BCUT2D eigenvalue weighted by atomic mass is 79.9. The van der Waals surface area contributed by atoms with E-state index in [2.05, 4.69) is 27.8 Å². The average molecular weight is 443 g/mol. The lowest BCUT2D eigenvalue weighted by Gasteiger charge is -2.38. The van der Waals surface area contributed by atoms with E-state index >= 15 is 0 Å². The number of ether oxygens (including phenoxy) is 1. The van der Waals surface area contributed by atoms with E-state index in [-0.39, 0.29) is 0 Å². The smallest absolute Gasteiger partial charge is 0.338 e. The van der Waals surface area contributed by atoms with Crippen molar-refractivity contribution < 1.29 is 18.3 Å². The molecule has 0 aromatic heterocycles. The Morgan fingerprint density at radius 1 is 1.33 bits per heavy atom. The fourth-order valence-electron chi connectivity index (χ4n) is 3.28. The van der Waals surface area contributed by atoms with Gasteiger partial charge in [0.05, 0.1) is 24.4 Å². The molecule has 27 heavy (non-hydrogen) atoms. The molecule has 2 rings (SSSR count). The van der Waals surface area contributed by atoms with Crippen LogP contribution in [0.4, 0.5) is 8.78 Å². The Morgan fingerprint density at radius 2 is 2.04 bits per heavy atom. The fraction of sp³-hybridized carbons (Fsp3) is 0.500. The maximum absolute atomic E-state index is 13.9. The number of rotatable bonds is 7. The van der Waals surface area contributed by atoms with Crippen LogP contribution >= 0.6 is 15.9 Å². The van der Waals surface area contributed by atoms with E-state index in [0.29, 0.717) is 29.3 Å². The van der Waals surface area contributed by atoms with Gasteiger partial charge in [-0.05, 0) is 50.3 Å². The molecule has 1 aliphatic rings. The summed E-state index contributed by atoms with van der Waals surface area (Å²) in [5.74, 6) is -1.12. The van der Waals surface area contributed by atoms with E-state index in [1.54, 1.807) is 6.92 Å². The van der Waals surface area contributed by atoms with Crippen molar-refractivity contribution in [2.45, 2.75) is 39.7 Å². The Kier molecular flexibility index (Phi) is 7.53. The van der Waals surface area contributed by atoms with E-state index in [0.717, 1.165) is 36.1 Å². The van der Waals surface area contributed by atoms with E-state index in [1.165, 1.54) is 13.2 Å². The zero-order chi connectivity index (χ0) is 20.1. The number of halogens is 3. The number of carbonyl (C=O) groups is 1. The summed E-state index contributed by atoms with van der Waals surface area (Å²) in [6, 6.07) is 3.17. The summed E-state index contributed by atoms with van der Waals surface area (Å²) in [6.45, 7) is 6.39. The van der Waals surface area contributed by atoms with Crippen molar-refractivity contribution in [1.82, 2.24) is 4.90 Å². The molecule has 0 N–H and O–H groups in total. The number of nitrogens with zero attached hydrogens (tertiary/aromatic N) is 2. The van der Waals surface area contributed by atoms with Gasteiger partial charge in [-0.15, -0.1) is 0 Å². The van der Waals surface area contributed by atoms with Crippen LogP contribution in [0.1, 0.15) is 45.2 Å². The van der Waals surface area contributed by atoms with Crippen LogP contribution in [0.5, 0.6) is 0 Å². The molecule has 1 aliphatic heterocycles. The van der Waals surface area contributed by atoms with Gasteiger partial charge in [0.1, 0.15) is 5.84 Å². The van der Waals surface area contributed by atoms with Gasteiger partial charge in [0.15, 0.2) is 11.6 Å². The molecule has 4 nitrogen and oxygen atoms in total. The quantitative estimate of drug-likeness (QED) is 0.440. The second-order valence-corrected chi connectivity index (χ2v) is 7.47. The van der Waals surface area contributed by atoms with Gasteiger partial charge in [0, 0.05) is 11.9 Å². The van der Waals surface area contributed by atoms with Crippen LogP contribution in [-0.4, -0.2) is 35.7 Å². The highest BCUT2D eigenvalue weighted by molar-refractivity contribution is 9.09. The van der Waals surface area contributed by atoms with Crippen LogP contribution in [0, 0.1) is 17.6 Å². The van der Waals surface area contributed by atoms with Crippen molar-refractivity contribution in [3.05, 3.63) is 46.7 Å². The van der Waals surface area contributed by atoms with Gasteiger partial charge in [-0.3, -0.25) is 0 Å². The van der Waals surface area contributed by atoms with E-state index in [1.807, 2.05) is 11.8 Å². The zero-order valence-electron chi connectivity index (χ0n) is 16.1. The molecule has 1 heterocycles. The Labute approximate surface area is 167 Å². The minimum absolute atomic E-state index is 0.350. The van der Waals surface area contributed by atoms with Gasteiger partial charge < -0.3 is 9.64 Å². The molecule has 0 bridgehead atoms. The predicted octanol–water partition coefficient (Wildman–Crippen LogP) is 5.00. The Balaban J connectivity index is 2.44. The SMILES string of the molecule is COC(=O)C1=C(C)N=C(C)N(CCCC(C)CBr)C1c1ccc(F)c(F)c1. The molecule has 2 unspecified atom stereocenters. The third-order valence-electron chi connectivity index (χ3n) is 4.74. The lowest BCUT2D eigenvalue weighted by molar-refractivity contribution is -0.136. The molecule has 2 atom stereocenters.